The van der Waals surface area contributed by atoms with Crippen molar-refractivity contribution in [2.24, 2.45) is 5.92 Å². The van der Waals surface area contributed by atoms with Crippen LogP contribution in [0.15, 0.2) is 0 Å². The maximum atomic E-state index is 12.0. The van der Waals surface area contributed by atoms with E-state index >= 15 is 0 Å². The molecule has 1 aliphatic carbocycles. The number of hydrogen-bond donors (Lipinski definition) is 1. The van der Waals surface area contributed by atoms with Crippen LogP contribution in [-0.2, 0) is 9.59 Å². The van der Waals surface area contributed by atoms with Gasteiger partial charge in [0.05, 0.1) is 0 Å². The molecule has 0 spiro atoms. The quantitative estimate of drug-likeness (QED) is 0.686. The predicted molar refractivity (Wildman–Crippen MR) is 56.2 cm³/mol. The van der Waals surface area contributed by atoms with Crippen molar-refractivity contribution in [1.29, 1.82) is 0 Å². The summed E-state index contributed by atoms with van der Waals surface area (Å²) < 4.78 is 0. The fourth-order valence-corrected chi connectivity index (χ4v) is 2.42. The smallest absolute Gasteiger partial charge is 0.225 e. The van der Waals surface area contributed by atoms with Gasteiger partial charge < -0.3 is 10.2 Å². The highest BCUT2D eigenvalue weighted by Gasteiger charge is 2.28. The van der Waals surface area contributed by atoms with E-state index in [1.54, 1.807) is 0 Å². The van der Waals surface area contributed by atoms with Gasteiger partial charge in [0.25, 0.3) is 0 Å². The summed E-state index contributed by atoms with van der Waals surface area (Å²) in [6.45, 7) is 1.89. The lowest BCUT2D eigenvalue weighted by Gasteiger charge is -2.22. The summed E-state index contributed by atoms with van der Waals surface area (Å²) in [5.74, 6) is 0.568. The topological polar surface area (TPSA) is 49.4 Å². The normalized spacial score (nSPS) is 23.7. The third-order valence-corrected chi connectivity index (χ3v) is 3.33. The number of amides is 2. The van der Waals surface area contributed by atoms with Crippen molar-refractivity contribution in [3.05, 3.63) is 0 Å². The molecule has 1 N–H and O–H groups in total. The van der Waals surface area contributed by atoms with Crippen LogP contribution in [0.25, 0.3) is 0 Å². The lowest BCUT2D eigenvalue weighted by molar-refractivity contribution is -0.135. The van der Waals surface area contributed by atoms with Crippen LogP contribution in [0, 0.1) is 5.92 Å². The third-order valence-electron chi connectivity index (χ3n) is 3.33. The Balaban J connectivity index is 1.91. The van der Waals surface area contributed by atoms with Gasteiger partial charge in [-0.3, -0.25) is 9.59 Å². The van der Waals surface area contributed by atoms with Crippen LogP contribution in [0.2, 0.25) is 0 Å². The summed E-state index contributed by atoms with van der Waals surface area (Å²) in [4.78, 5) is 25.0. The van der Waals surface area contributed by atoms with Gasteiger partial charge in [0, 0.05) is 32.0 Å². The lowest BCUT2D eigenvalue weighted by Crippen LogP contribution is -2.37. The summed E-state index contributed by atoms with van der Waals surface area (Å²) in [6.07, 6.45) is 4.90. The van der Waals surface area contributed by atoms with Crippen LogP contribution in [0.1, 0.15) is 32.1 Å². The van der Waals surface area contributed by atoms with E-state index in [0.29, 0.717) is 26.1 Å². The molecule has 1 saturated heterocycles. The number of carbonyl (C=O) groups excluding carboxylic acids is 2. The van der Waals surface area contributed by atoms with Crippen molar-refractivity contribution in [3.63, 3.8) is 0 Å². The number of carbonyl (C=O) groups is 2. The highest BCUT2D eigenvalue weighted by atomic mass is 16.2. The standard InChI is InChI=1S/C11H18N2O2/c14-10-5-7-13(8-6-12-10)11(15)9-3-1-2-4-9/h9H,1-8H2,(H,12,14). The first-order chi connectivity index (χ1) is 7.27. The second-order valence-corrected chi connectivity index (χ2v) is 4.41. The molecule has 0 atom stereocenters. The van der Waals surface area contributed by atoms with Crippen LogP contribution in [-0.4, -0.2) is 36.3 Å². The van der Waals surface area contributed by atoms with E-state index in [4.69, 9.17) is 0 Å². The van der Waals surface area contributed by atoms with Crippen molar-refractivity contribution in [2.75, 3.05) is 19.6 Å². The Hall–Kier alpha value is -1.06. The molecule has 1 saturated carbocycles. The summed E-state index contributed by atoms with van der Waals surface area (Å²) in [5.41, 5.74) is 0. The monoisotopic (exact) mass is 210 g/mol. The second kappa shape index (κ2) is 4.64. The first kappa shape index (κ1) is 10.5. The average molecular weight is 210 g/mol. The summed E-state index contributed by atoms with van der Waals surface area (Å²) in [7, 11) is 0. The van der Waals surface area contributed by atoms with Crippen LogP contribution in [0.4, 0.5) is 0 Å². The predicted octanol–water partition coefficient (Wildman–Crippen LogP) is 0.525. The number of nitrogens with zero attached hydrogens (tertiary/aromatic N) is 1. The lowest BCUT2D eigenvalue weighted by atomic mass is 10.1. The fraction of sp³-hybridized carbons (Fsp3) is 0.818. The minimum absolute atomic E-state index is 0.0664. The SMILES string of the molecule is O=C1CCN(C(=O)C2CCCC2)CCN1. The molecular weight excluding hydrogens is 192 g/mol. The van der Waals surface area contributed by atoms with E-state index in [0.717, 1.165) is 12.8 Å². The van der Waals surface area contributed by atoms with Crippen LogP contribution in [0.3, 0.4) is 0 Å². The van der Waals surface area contributed by atoms with E-state index in [9.17, 15) is 9.59 Å². The molecule has 0 aromatic rings. The first-order valence-electron chi connectivity index (χ1n) is 5.83. The number of nitrogens with one attached hydrogen (secondary N) is 1. The molecule has 15 heavy (non-hydrogen) atoms. The van der Waals surface area contributed by atoms with Gasteiger partial charge in [-0.15, -0.1) is 0 Å². The number of rotatable bonds is 1. The molecule has 2 aliphatic rings. The van der Waals surface area contributed by atoms with Gasteiger partial charge in [-0.2, -0.15) is 0 Å². The van der Waals surface area contributed by atoms with Gasteiger partial charge in [0.15, 0.2) is 0 Å². The van der Waals surface area contributed by atoms with Gasteiger partial charge in [-0.05, 0) is 12.8 Å². The van der Waals surface area contributed by atoms with Crippen LogP contribution in [0.5, 0.6) is 0 Å². The van der Waals surface area contributed by atoms with Crippen LogP contribution < -0.4 is 5.32 Å². The van der Waals surface area contributed by atoms with E-state index in [2.05, 4.69) is 5.32 Å². The first-order valence-corrected chi connectivity index (χ1v) is 5.83. The zero-order valence-electron chi connectivity index (χ0n) is 9.00. The molecule has 1 heterocycles. The van der Waals surface area contributed by atoms with E-state index in [1.807, 2.05) is 4.90 Å². The Morgan fingerprint density at radius 2 is 2.00 bits per heavy atom. The van der Waals surface area contributed by atoms with Crippen molar-refractivity contribution >= 4 is 11.8 Å². The molecule has 0 unspecified atom stereocenters. The van der Waals surface area contributed by atoms with Crippen molar-refractivity contribution in [1.82, 2.24) is 10.2 Å². The van der Waals surface area contributed by atoms with E-state index in [1.165, 1.54) is 12.8 Å². The van der Waals surface area contributed by atoms with Gasteiger partial charge in [-0.25, -0.2) is 0 Å². The zero-order valence-corrected chi connectivity index (χ0v) is 9.00. The van der Waals surface area contributed by atoms with E-state index in [-0.39, 0.29) is 17.7 Å². The maximum Gasteiger partial charge on any atom is 0.225 e. The Morgan fingerprint density at radius 3 is 2.73 bits per heavy atom. The molecule has 1 aliphatic heterocycles. The van der Waals surface area contributed by atoms with E-state index < -0.39 is 0 Å². The van der Waals surface area contributed by atoms with Crippen molar-refractivity contribution < 1.29 is 9.59 Å². The molecular formula is C11H18N2O2. The van der Waals surface area contributed by atoms with Gasteiger partial charge in [0.2, 0.25) is 11.8 Å². The van der Waals surface area contributed by atoms with Crippen molar-refractivity contribution in [3.8, 4) is 0 Å². The molecule has 4 heteroatoms. The average Bonchev–Trinajstić information content (AvgIpc) is 2.67. The largest absolute Gasteiger partial charge is 0.354 e. The number of hydrogen-bond acceptors (Lipinski definition) is 2. The molecule has 2 amide bonds. The summed E-state index contributed by atoms with van der Waals surface area (Å²) in [5, 5.41) is 2.79. The Morgan fingerprint density at radius 1 is 1.27 bits per heavy atom. The molecule has 2 rings (SSSR count). The molecule has 84 valence electrons. The Bertz CT molecular complexity index is 259. The third kappa shape index (κ3) is 2.49. The van der Waals surface area contributed by atoms with Crippen molar-refractivity contribution in [2.45, 2.75) is 32.1 Å². The highest BCUT2D eigenvalue weighted by Crippen LogP contribution is 2.26. The van der Waals surface area contributed by atoms with Gasteiger partial charge in [0.1, 0.15) is 0 Å². The molecule has 0 aromatic heterocycles. The minimum Gasteiger partial charge on any atom is -0.354 e. The molecule has 4 nitrogen and oxygen atoms in total. The maximum absolute atomic E-state index is 12.0. The molecule has 0 radical (unpaired) electrons. The molecule has 0 aromatic carbocycles. The van der Waals surface area contributed by atoms with Crippen LogP contribution >= 0.6 is 0 Å². The second-order valence-electron chi connectivity index (χ2n) is 4.41. The molecule has 0 bridgehead atoms. The fourth-order valence-electron chi connectivity index (χ4n) is 2.42. The summed E-state index contributed by atoms with van der Waals surface area (Å²) in [6, 6.07) is 0. The van der Waals surface area contributed by atoms with Gasteiger partial charge >= 0.3 is 0 Å². The highest BCUT2D eigenvalue weighted by molar-refractivity contribution is 5.81. The summed E-state index contributed by atoms with van der Waals surface area (Å²) >= 11 is 0. The Kier molecular flexibility index (Phi) is 3.23. The zero-order chi connectivity index (χ0) is 10.7. The Labute approximate surface area is 90.0 Å². The van der Waals surface area contributed by atoms with Gasteiger partial charge in [-0.1, -0.05) is 12.8 Å². The molecule has 2 fully saturated rings. The minimum atomic E-state index is 0.0664.